The van der Waals surface area contributed by atoms with E-state index in [0.29, 0.717) is 6.79 Å². The highest BCUT2D eigenvalue weighted by Gasteiger charge is 2.00. The van der Waals surface area contributed by atoms with Crippen LogP contribution < -0.4 is 0 Å². The lowest BCUT2D eigenvalue weighted by molar-refractivity contribution is -0.0315. The summed E-state index contributed by atoms with van der Waals surface area (Å²) in [5.41, 5.74) is 1.26. The molecule has 0 saturated carbocycles. The molecule has 0 fully saturated rings. The topological polar surface area (TPSA) is 31.6 Å². The molecule has 1 aromatic rings. The van der Waals surface area contributed by atoms with Crippen LogP contribution in [0, 0.1) is 6.92 Å². The van der Waals surface area contributed by atoms with Gasteiger partial charge in [-0.05, 0) is 31.4 Å². The summed E-state index contributed by atoms with van der Waals surface area (Å²) in [5.74, 6) is 1.12. The normalized spacial score (nSPS) is 10.8. The summed E-state index contributed by atoms with van der Waals surface area (Å²) in [6.07, 6.45) is 6.20. The summed E-state index contributed by atoms with van der Waals surface area (Å²) in [7, 11) is 1.64. The molecule has 0 aromatic carbocycles. The first-order valence-electron chi connectivity index (χ1n) is 5.44. The van der Waals surface area contributed by atoms with Crippen LogP contribution in [0.15, 0.2) is 16.7 Å². The summed E-state index contributed by atoms with van der Waals surface area (Å²) in [6.45, 7) is 3.27. The fraction of sp³-hybridized carbons (Fsp3) is 0.667. The fourth-order valence-electron chi connectivity index (χ4n) is 1.47. The number of hydrogen-bond donors (Lipinski definition) is 0. The summed E-state index contributed by atoms with van der Waals surface area (Å²) < 4.78 is 15.3. The second-order valence-corrected chi connectivity index (χ2v) is 3.65. The van der Waals surface area contributed by atoms with Crippen LogP contribution in [0.25, 0.3) is 0 Å². The molecule has 0 aliphatic heterocycles. The number of furan rings is 1. The summed E-state index contributed by atoms with van der Waals surface area (Å²) in [4.78, 5) is 0. The zero-order valence-electron chi connectivity index (χ0n) is 9.62. The molecular formula is C12H20O3. The molecule has 1 rings (SSSR count). The van der Waals surface area contributed by atoms with Crippen LogP contribution in [0.2, 0.25) is 0 Å². The molecule has 3 heteroatoms. The van der Waals surface area contributed by atoms with Crippen molar-refractivity contribution in [1.82, 2.24) is 0 Å². The molecule has 86 valence electrons. The Balaban J connectivity index is 1.96. The molecule has 0 radical (unpaired) electrons. The smallest absolute Gasteiger partial charge is 0.146 e. The van der Waals surface area contributed by atoms with Crippen molar-refractivity contribution < 1.29 is 13.9 Å². The molecule has 0 atom stereocenters. The maximum Gasteiger partial charge on any atom is 0.146 e. The van der Waals surface area contributed by atoms with Gasteiger partial charge in [0.1, 0.15) is 12.6 Å². The maximum atomic E-state index is 5.36. The highest BCUT2D eigenvalue weighted by atomic mass is 16.7. The number of unbranched alkanes of at least 4 members (excludes halogenated alkanes) is 2. The van der Waals surface area contributed by atoms with Gasteiger partial charge in [0.2, 0.25) is 0 Å². The molecule has 0 spiro atoms. The molecule has 0 aliphatic carbocycles. The standard InChI is InChI=1S/C12H20O3/c1-11-7-9-15-12(11)6-4-3-5-8-14-10-13-2/h7,9H,3-6,8,10H2,1-2H3. The molecule has 0 bridgehead atoms. The van der Waals surface area contributed by atoms with Gasteiger partial charge in [-0.15, -0.1) is 0 Å². The number of rotatable bonds is 8. The maximum absolute atomic E-state index is 5.36. The van der Waals surface area contributed by atoms with Crippen LogP contribution >= 0.6 is 0 Å². The Labute approximate surface area is 91.4 Å². The van der Waals surface area contributed by atoms with Crippen LogP contribution in [-0.4, -0.2) is 20.5 Å². The lowest BCUT2D eigenvalue weighted by Gasteiger charge is -2.02. The number of ether oxygens (including phenoxy) is 2. The number of methoxy groups -OCH3 is 1. The molecular weight excluding hydrogens is 192 g/mol. The quantitative estimate of drug-likeness (QED) is 0.490. The third-order valence-electron chi connectivity index (χ3n) is 2.36. The Kier molecular flexibility index (Phi) is 6.12. The average molecular weight is 212 g/mol. The SMILES string of the molecule is COCOCCCCCc1occc1C. The van der Waals surface area contributed by atoms with Gasteiger partial charge in [-0.3, -0.25) is 0 Å². The van der Waals surface area contributed by atoms with Crippen molar-refractivity contribution >= 4 is 0 Å². The minimum Gasteiger partial charge on any atom is -0.469 e. The van der Waals surface area contributed by atoms with Crippen LogP contribution in [0.1, 0.15) is 30.6 Å². The van der Waals surface area contributed by atoms with Gasteiger partial charge in [0.05, 0.1) is 6.26 Å². The monoisotopic (exact) mass is 212 g/mol. The van der Waals surface area contributed by atoms with Crippen molar-refractivity contribution in [2.45, 2.75) is 32.6 Å². The molecule has 0 saturated heterocycles. The molecule has 3 nitrogen and oxygen atoms in total. The molecule has 0 unspecified atom stereocenters. The molecule has 15 heavy (non-hydrogen) atoms. The van der Waals surface area contributed by atoms with E-state index in [-0.39, 0.29) is 0 Å². The van der Waals surface area contributed by atoms with Crippen molar-refractivity contribution in [1.29, 1.82) is 0 Å². The van der Waals surface area contributed by atoms with E-state index in [4.69, 9.17) is 13.9 Å². The fourth-order valence-corrected chi connectivity index (χ4v) is 1.47. The molecule has 0 amide bonds. The summed E-state index contributed by atoms with van der Waals surface area (Å²) in [5, 5.41) is 0. The first kappa shape index (κ1) is 12.3. The van der Waals surface area contributed by atoms with Crippen molar-refractivity contribution in [3.63, 3.8) is 0 Å². The lowest BCUT2D eigenvalue weighted by Crippen LogP contribution is -1.98. The second kappa shape index (κ2) is 7.49. The van der Waals surface area contributed by atoms with E-state index >= 15 is 0 Å². The highest BCUT2D eigenvalue weighted by molar-refractivity contribution is 5.14. The first-order valence-corrected chi connectivity index (χ1v) is 5.44. The highest BCUT2D eigenvalue weighted by Crippen LogP contribution is 2.12. The third-order valence-corrected chi connectivity index (χ3v) is 2.36. The Morgan fingerprint density at radius 3 is 2.80 bits per heavy atom. The lowest BCUT2D eigenvalue weighted by atomic mass is 10.1. The predicted molar refractivity (Wildman–Crippen MR) is 58.8 cm³/mol. The van der Waals surface area contributed by atoms with Crippen LogP contribution in [0.3, 0.4) is 0 Å². The second-order valence-electron chi connectivity index (χ2n) is 3.65. The Morgan fingerprint density at radius 1 is 1.27 bits per heavy atom. The van der Waals surface area contributed by atoms with E-state index in [1.165, 1.54) is 12.0 Å². The Bertz CT molecular complexity index is 255. The van der Waals surface area contributed by atoms with Gasteiger partial charge in [-0.2, -0.15) is 0 Å². The van der Waals surface area contributed by atoms with Crippen LogP contribution in [0.4, 0.5) is 0 Å². The summed E-state index contributed by atoms with van der Waals surface area (Å²) in [6, 6.07) is 2.01. The van der Waals surface area contributed by atoms with Gasteiger partial charge < -0.3 is 13.9 Å². The van der Waals surface area contributed by atoms with Crippen molar-refractivity contribution in [3.8, 4) is 0 Å². The van der Waals surface area contributed by atoms with Crippen molar-refractivity contribution in [2.24, 2.45) is 0 Å². The van der Waals surface area contributed by atoms with Gasteiger partial charge in [0.25, 0.3) is 0 Å². The molecule has 1 aromatic heterocycles. The van der Waals surface area contributed by atoms with Crippen molar-refractivity contribution in [2.75, 3.05) is 20.5 Å². The van der Waals surface area contributed by atoms with E-state index in [2.05, 4.69) is 6.92 Å². The van der Waals surface area contributed by atoms with Gasteiger partial charge >= 0.3 is 0 Å². The zero-order chi connectivity index (χ0) is 10.9. The minimum atomic E-state index is 0.400. The minimum absolute atomic E-state index is 0.400. The Morgan fingerprint density at radius 2 is 2.13 bits per heavy atom. The third kappa shape index (κ3) is 5.00. The van der Waals surface area contributed by atoms with Gasteiger partial charge in [0.15, 0.2) is 0 Å². The van der Waals surface area contributed by atoms with Gasteiger partial charge in [0, 0.05) is 20.1 Å². The first-order chi connectivity index (χ1) is 7.34. The molecule has 0 N–H and O–H groups in total. The summed E-state index contributed by atoms with van der Waals surface area (Å²) >= 11 is 0. The van der Waals surface area contributed by atoms with E-state index < -0.39 is 0 Å². The average Bonchev–Trinajstić information content (AvgIpc) is 2.63. The number of hydrogen-bond acceptors (Lipinski definition) is 3. The Hall–Kier alpha value is -0.800. The van der Waals surface area contributed by atoms with Gasteiger partial charge in [-0.1, -0.05) is 6.42 Å². The zero-order valence-corrected chi connectivity index (χ0v) is 9.62. The van der Waals surface area contributed by atoms with E-state index in [9.17, 15) is 0 Å². The van der Waals surface area contributed by atoms with Crippen LogP contribution in [-0.2, 0) is 15.9 Å². The molecule has 0 aliphatic rings. The largest absolute Gasteiger partial charge is 0.469 e. The van der Waals surface area contributed by atoms with E-state index in [1.807, 2.05) is 6.07 Å². The van der Waals surface area contributed by atoms with E-state index in [1.54, 1.807) is 13.4 Å². The predicted octanol–water partition coefficient (Wildman–Crippen LogP) is 2.92. The number of aryl methyl sites for hydroxylation is 2. The molecule has 1 heterocycles. The van der Waals surface area contributed by atoms with Gasteiger partial charge in [-0.25, -0.2) is 0 Å². The van der Waals surface area contributed by atoms with Crippen LogP contribution in [0.5, 0.6) is 0 Å². The van der Waals surface area contributed by atoms with E-state index in [0.717, 1.165) is 31.6 Å². The van der Waals surface area contributed by atoms with Crippen molar-refractivity contribution in [3.05, 3.63) is 23.7 Å².